The molecule has 0 aliphatic heterocycles. The van der Waals surface area contributed by atoms with Gasteiger partial charge >= 0.3 is 0 Å². The molecular formula is C54H60Br3N3O3. The third kappa shape index (κ3) is 6.59. The van der Waals surface area contributed by atoms with Crippen LogP contribution in [-0.2, 0) is 16.2 Å². The van der Waals surface area contributed by atoms with Gasteiger partial charge in [-0.25, -0.2) is 0 Å². The molecule has 0 saturated heterocycles. The van der Waals surface area contributed by atoms with E-state index in [9.17, 15) is 0 Å². The topological polar surface area (TPSA) is 106 Å². The molecule has 12 saturated carbocycles. The van der Waals surface area contributed by atoms with Gasteiger partial charge in [-0.15, -0.1) is 0 Å². The monoisotopic (exact) mass is 1040 g/mol. The van der Waals surface area contributed by atoms with Gasteiger partial charge in [-0.3, -0.25) is 0 Å². The van der Waals surface area contributed by atoms with Crippen LogP contribution in [0.4, 0.5) is 17.1 Å². The summed E-state index contributed by atoms with van der Waals surface area (Å²) in [5.74, 6) is 11.3. The van der Waals surface area contributed by atoms with E-state index in [1.807, 2.05) is 42.5 Å². The van der Waals surface area contributed by atoms with Gasteiger partial charge in [0.15, 0.2) is 11.5 Å². The van der Waals surface area contributed by atoms with E-state index in [2.05, 4.69) is 59.9 Å². The molecule has 12 aliphatic rings. The second kappa shape index (κ2) is 14.6. The maximum atomic E-state index is 7.71. The van der Waals surface area contributed by atoms with Crippen LogP contribution in [0.2, 0.25) is 0 Å². The van der Waals surface area contributed by atoms with E-state index in [0.717, 1.165) is 89.7 Å². The second-order valence-corrected chi connectivity index (χ2v) is 25.6. The van der Waals surface area contributed by atoms with E-state index >= 15 is 0 Å². The van der Waals surface area contributed by atoms with Crippen molar-refractivity contribution in [3.05, 3.63) is 84.7 Å². The first-order valence-corrected chi connectivity index (χ1v) is 26.7. The number of anilines is 3. The Morgan fingerprint density at radius 3 is 0.841 bits per heavy atom. The Morgan fingerprint density at radius 1 is 0.349 bits per heavy atom. The molecule has 6 nitrogen and oxygen atoms in total. The van der Waals surface area contributed by atoms with E-state index in [1.165, 1.54) is 127 Å². The van der Waals surface area contributed by atoms with Crippen LogP contribution in [0.3, 0.4) is 0 Å². The van der Waals surface area contributed by atoms with Crippen LogP contribution >= 0.6 is 47.8 Å². The molecule has 0 aromatic heterocycles. The Morgan fingerprint density at radius 2 is 0.587 bits per heavy atom. The molecule has 12 aliphatic carbocycles. The molecule has 4 aromatic rings. The van der Waals surface area contributed by atoms with Crippen molar-refractivity contribution >= 4 is 64.9 Å². The number of ether oxygens (including phenoxy) is 3. The first-order chi connectivity index (χ1) is 30.4. The molecule has 0 heterocycles. The largest absolute Gasteiger partial charge is 0.453 e. The lowest BCUT2D eigenvalue weighted by Gasteiger charge is -2.63. The Bertz CT molecular complexity index is 2320. The van der Waals surface area contributed by atoms with Gasteiger partial charge in [0.1, 0.15) is 17.2 Å². The quantitative estimate of drug-likeness (QED) is 0.144. The summed E-state index contributed by atoms with van der Waals surface area (Å²) >= 11 is 11.1. The molecule has 63 heavy (non-hydrogen) atoms. The van der Waals surface area contributed by atoms with Gasteiger partial charge in [0.25, 0.3) is 0 Å². The SMILES string of the molecule is Nc1cc(Oc2c(Oc3ccc(Br)c(N)c3)c(C34CC5CC(CC(C5)C3)C4)c(C34CC5CC(CC(C5)C3)C4)c(C34CC5CC(CC(C5)C3)C4)c2Oc2ccc(Br)c(N)c2)ccc1Br. The zero-order valence-electron chi connectivity index (χ0n) is 36.2. The molecule has 0 unspecified atom stereocenters. The summed E-state index contributed by atoms with van der Waals surface area (Å²) in [6.07, 6.45) is 23.6. The van der Waals surface area contributed by atoms with Crippen molar-refractivity contribution in [2.75, 3.05) is 17.2 Å². The first-order valence-electron chi connectivity index (χ1n) is 24.3. The average molecular weight is 1040 g/mol. The smallest absolute Gasteiger partial charge is 0.212 e. The van der Waals surface area contributed by atoms with Gasteiger partial charge in [-0.2, -0.15) is 0 Å². The minimum atomic E-state index is -0.0157. The molecule has 16 rings (SSSR count). The third-order valence-electron chi connectivity index (χ3n) is 18.6. The first kappa shape index (κ1) is 40.4. The van der Waals surface area contributed by atoms with Crippen molar-refractivity contribution in [2.24, 2.45) is 53.3 Å². The van der Waals surface area contributed by atoms with Crippen molar-refractivity contribution in [3.8, 4) is 34.5 Å². The lowest BCUT2D eigenvalue weighted by molar-refractivity contribution is -0.0255. The number of hydrogen-bond acceptors (Lipinski definition) is 6. The van der Waals surface area contributed by atoms with Crippen LogP contribution < -0.4 is 31.4 Å². The highest BCUT2D eigenvalue weighted by atomic mass is 79.9. The average Bonchev–Trinajstić information content (AvgIpc) is 3.21. The van der Waals surface area contributed by atoms with Crippen molar-refractivity contribution in [2.45, 2.75) is 132 Å². The Hall–Kier alpha value is -2.88. The predicted octanol–water partition coefficient (Wildman–Crippen LogP) is 15.5. The second-order valence-electron chi connectivity index (χ2n) is 23.1. The molecule has 330 valence electrons. The van der Waals surface area contributed by atoms with Gasteiger partial charge in [0.05, 0.1) is 0 Å². The Labute approximate surface area is 397 Å². The molecule has 6 N–H and O–H groups in total. The predicted molar refractivity (Wildman–Crippen MR) is 262 cm³/mol. The highest BCUT2D eigenvalue weighted by molar-refractivity contribution is 9.11. The number of hydrogen-bond donors (Lipinski definition) is 3. The van der Waals surface area contributed by atoms with Crippen molar-refractivity contribution in [1.29, 1.82) is 0 Å². The number of benzene rings is 4. The van der Waals surface area contributed by atoms with E-state index < -0.39 is 0 Å². The standard InChI is InChI=1S/C54H60Br3N3O3/c55-40-4-1-37(16-43(40)58)61-49-47(53-22-31-10-32(23-53)12-33(11-31)24-53)46(52-19-28-7-29(20-52)9-30(8-28)21-52)48(54-25-34-13-35(26-54)15-36(14-34)27-54)50(62-38-2-5-41(56)44(59)17-38)51(49)63-39-3-6-42(57)45(60)18-39/h1-6,16-18,28-36H,7-15,19-27,58-60H2. The van der Waals surface area contributed by atoms with Gasteiger partial charge in [0.2, 0.25) is 5.75 Å². The zero-order valence-corrected chi connectivity index (χ0v) is 41.0. The Balaban J connectivity index is 1.18. The summed E-state index contributed by atoms with van der Waals surface area (Å²) in [5, 5.41) is 0. The molecule has 0 atom stereocenters. The number of nitrogens with two attached hydrogens (primary N) is 3. The molecule has 0 radical (unpaired) electrons. The number of rotatable bonds is 9. The molecule has 9 heteroatoms. The van der Waals surface area contributed by atoms with E-state index in [-0.39, 0.29) is 16.2 Å². The molecule has 0 amide bonds. The highest BCUT2D eigenvalue weighted by Gasteiger charge is 2.62. The fourth-order valence-electron chi connectivity index (χ4n) is 17.9. The van der Waals surface area contributed by atoms with Crippen molar-refractivity contribution in [1.82, 2.24) is 0 Å². The minimum Gasteiger partial charge on any atom is -0.453 e. The summed E-state index contributed by atoms with van der Waals surface area (Å²) in [6.45, 7) is 0. The Kier molecular flexibility index (Phi) is 9.34. The lowest BCUT2D eigenvalue weighted by atomic mass is 9.41. The van der Waals surface area contributed by atoms with Crippen LogP contribution in [0.1, 0.15) is 132 Å². The summed E-state index contributed by atoms with van der Waals surface area (Å²) in [6, 6.07) is 18.1. The zero-order chi connectivity index (χ0) is 42.6. The van der Waals surface area contributed by atoms with Gasteiger partial charge in [-0.1, -0.05) is 0 Å². The van der Waals surface area contributed by atoms with Gasteiger partial charge in [0, 0.05) is 70.6 Å². The van der Waals surface area contributed by atoms with Crippen LogP contribution in [0.15, 0.2) is 68.0 Å². The van der Waals surface area contributed by atoms with Crippen LogP contribution in [0.5, 0.6) is 34.5 Å². The third-order valence-corrected chi connectivity index (χ3v) is 20.8. The molecule has 12 fully saturated rings. The maximum Gasteiger partial charge on any atom is 0.212 e. The number of halogens is 3. The number of nitrogen functional groups attached to an aromatic ring is 3. The fraction of sp³-hybridized carbons (Fsp3) is 0.556. The molecule has 12 bridgehead atoms. The van der Waals surface area contributed by atoms with Crippen LogP contribution in [0, 0.1) is 53.3 Å². The van der Waals surface area contributed by atoms with Gasteiger partial charge in [-0.05, 0) is 264 Å². The van der Waals surface area contributed by atoms with Crippen molar-refractivity contribution in [3.63, 3.8) is 0 Å². The molecule has 0 spiro atoms. The summed E-state index contributed by atoms with van der Waals surface area (Å²) in [4.78, 5) is 0. The van der Waals surface area contributed by atoms with Crippen LogP contribution in [0.25, 0.3) is 0 Å². The van der Waals surface area contributed by atoms with Crippen LogP contribution in [-0.4, -0.2) is 0 Å². The van der Waals surface area contributed by atoms with Gasteiger partial charge < -0.3 is 31.4 Å². The minimum absolute atomic E-state index is 0.0157. The molecular weight excluding hydrogens is 978 g/mol. The summed E-state index contributed by atoms with van der Waals surface area (Å²) < 4.78 is 25.6. The van der Waals surface area contributed by atoms with Crippen molar-refractivity contribution < 1.29 is 14.2 Å². The van der Waals surface area contributed by atoms with E-state index in [4.69, 9.17) is 31.4 Å². The normalized spacial score (nSPS) is 37.5. The maximum absolute atomic E-state index is 7.71. The summed E-state index contributed by atoms with van der Waals surface area (Å²) in [5.41, 5.74) is 26.7. The summed E-state index contributed by atoms with van der Waals surface area (Å²) in [7, 11) is 0. The van der Waals surface area contributed by atoms with E-state index in [0.29, 0.717) is 28.6 Å². The fourth-order valence-corrected chi connectivity index (χ4v) is 18.6. The molecule has 4 aromatic carbocycles. The highest BCUT2D eigenvalue weighted by Crippen LogP contribution is 2.73. The lowest BCUT2D eigenvalue weighted by Crippen LogP contribution is -2.55. The van der Waals surface area contributed by atoms with E-state index in [1.54, 1.807) is 5.56 Å².